The van der Waals surface area contributed by atoms with Crippen molar-refractivity contribution in [3.63, 3.8) is 0 Å². The van der Waals surface area contributed by atoms with Crippen LogP contribution in [0.15, 0.2) is 24.3 Å². The third kappa shape index (κ3) is 5.95. The Morgan fingerprint density at radius 3 is 2.59 bits per heavy atom. The molecular formula is C18H29NO3. The second-order valence-electron chi connectivity index (χ2n) is 6.14. The van der Waals surface area contributed by atoms with Gasteiger partial charge in [-0.3, -0.25) is 0 Å². The monoisotopic (exact) mass is 307 g/mol. The molecule has 0 radical (unpaired) electrons. The van der Waals surface area contributed by atoms with Gasteiger partial charge in [-0.05, 0) is 24.1 Å². The van der Waals surface area contributed by atoms with Crippen molar-refractivity contribution < 1.29 is 14.6 Å². The zero-order valence-corrected chi connectivity index (χ0v) is 13.6. The van der Waals surface area contributed by atoms with Crippen molar-refractivity contribution in [1.29, 1.82) is 0 Å². The molecule has 2 N–H and O–H groups in total. The lowest BCUT2D eigenvalue weighted by atomic mass is 9.94. The highest BCUT2D eigenvalue weighted by Crippen LogP contribution is 2.19. The molecule has 0 atom stereocenters. The number of nitrogens with one attached hydrogen (secondary N) is 1. The largest absolute Gasteiger partial charge is 0.494 e. The van der Waals surface area contributed by atoms with Gasteiger partial charge in [-0.1, -0.05) is 31.9 Å². The molecule has 1 fully saturated rings. The average Bonchev–Trinajstić information content (AvgIpc) is 2.53. The van der Waals surface area contributed by atoms with Gasteiger partial charge in [0.25, 0.3) is 0 Å². The first-order valence-corrected chi connectivity index (χ1v) is 8.44. The molecule has 1 aromatic carbocycles. The molecule has 1 aliphatic rings. The van der Waals surface area contributed by atoms with E-state index in [9.17, 15) is 5.11 Å². The molecule has 22 heavy (non-hydrogen) atoms. The van der Waals surface area contributed by atoms with Crippen molar-refractivity contribution in [3.05, 3.63) is 29.8 Å². The van der Waals surface area contributed by atoms with Crippen LogP contribution in [-0.4, -0.2) is 37.1 Å². The number of benzene rings is 1. The van der Waals surface area contributed by atoms with Crippen LogP contribution in [0.4, 0.5) is 0 Å². The zero-order chi connectivity index (χ0) is 15.7. The maximum Gasteiger partial charge on any atom is 0.119 e. The lowest BCUT2D eigenvalue weighted by Crippen LogP contribution is -2.44. The summed E-state index contributed by atoms with van der Waals surface area (Å²) in [7, 11) is 0. The molecule has 0 aliphatic carbocycles. The molecule has 0 amide bonds. The van der Waals surface area contributed by atoms with Crippen LogP contribution in [0.2, 0.25) is 0 Å². The smallest absolute Gasteiger partial charge is 0.119 e. The SMILES string of the molecule is CCCCCOc1ccc(CNCC2(O)CCOCC2)cc1. The maximum absolute atomic E-state index is 10.4. The Morgan fingerprint density at radius 1 is 1.18 bits per heavy atom. The maximum atomic E-state index is 10.4. The molecule has 0 aromatic heterocycles. The third-order valence-corrected chi connectivity index (χ3v) is 4.15. The summed E-state index contributed by atoms with van der Waals surface area (Å²) in [6.07, 6.45) is 4.97. The highest BCUT2D eigenvalue weighted by atomic mass is 16.5. The summed E-state index contributed by atoms with van der Waals surface area (Å²) >= 11 is 0. The minimum atomic E-state index is -0.611. The summed E-state index contributed by atoms with van der Waals surface area (Å²) < 4.78 is 11.0. The van der Waals surface area contributed by atoms with Gasteiger partial charge in [-0.2, -0.15) is 0 Å². The van der Waals surface area contributed by atoms with Crippen LogP contribution in [0.5, 0.6) is 5.75 Å². The summed E-state index contributed by atoms with van der Waals surface area (Å²) in [5.41, 5.74) is 0.595. The molecular weight excluding hydrogens is 278 g/mol. The average molecular weight is 307 g/mol. The second kappa shape index (κ2) is 9.13. The lowest BCUT2D eigenvalue weighted by Gasteiger charge is -2.32. The van der Waals surface area contributed by atoms with E-state index in [0.717, 1.165) is 25.3 Å². The van der Waals surface area contributed by atoms with E-state index in [4.69, 9.17) is 9.47 Å². The number of rotatable bonds is 9. The predicted molar refractivity (Wildman–Crippen MR) is 88.2 cm³/mol. The molecule has 2 rings (SSSR count). The first kappa shape index (κ1) is 17.3. The van der Waals surface area contributed by atoms with Crippen molar-refractivity contribution in [2.24, 2.45) is 0 Å². The molecule has 124 valence electrons. The van der Waals surface area contributed by atoms with E-state index in [2.05, 4.69) is 24.4 Å². The fraction of sp³-hybridized carbons (Fsp3) is 0.667. The van der Waals surface area contributed by atoms with E-state index >= 15 is 0 Å². The van der Waals surface area contributed by atoms with Gasteiger partial charge in [-0.25, -0.2) is 0 Å². The molecule has 4 nitrogen and oxygen atoms in total. The first-order valence-electron chi connectivity index (χ1n) is 8.44. The normalized spacial score (nSPS) is 17.4. The minimum Gasteiger partial charge on any atom is -0.494 e. The molecule has 0 saturated carbocycles. The minimum absolute atomic E-state index is 0.611. The third-order valence-electron chi connectivity index (χ3n) is 4.15. The highest BCUT2D eigenvalue weighted by molar-refractivity contribution is 5.27. The topological polar surface area (TPSA) is 50.7 Å². The number of hydrogen-bond acceptors (Lipinski definition) is 4. The molecule has 0 unspecified atom stereocenters. The van der Waals surface area contributed by atoms with Crippen LogP contribution in [0.1, 0.15) is 44.6 Å². The Balaban J connectivity index is 1.67. The van der Waals surface area contributed by atoms with E-state index in [1.54, 1.807) is 0 Å². The van der Waals surface area contributed by atoms with E-state index in [-0.39, 0.29) is 0 Å². The van der Waals surface area contributed by atoms with Crippen molar-refractivity contribution in [1.82, 2.24) is 5.32 Å². The van der Waals surface area contributed by atoms with Gasteiger partial charge in [0.1, 0.15) is 5.75 Å². The van der Waals surface area contributed by atoms with Crippen molar-refractivity contribution >= 4 is 0 Å². The Morgan fingerprint density at radius 2 is 1.91 bits per heavy atom. The first-order chi connectivity index (χ1) is 10.7. The molecule has 4 heteroatoms. The predicted octanol–water partition coefficient (Wildman–Crippen LogP) is 2.89. The van der Waals surface area contributed by atoms with Gasteiger partial charge < -0.3 is 19.9 Å². The van der Waals surface area contributed by atoms with E-state index < -0.39 is 5.60 Å². The van der Waals surface area contributed by atoms with Crippen LogP contribution in [0.25, 0.3) is 0 Å². The van der Waals surface area contributed by atoms with Crippen LogP contribution in [-0.2, 0) is 11.3 Å². The fourth-order valence-corrected chi connectivity index (χ4v) is 2.61. The Kier molecular flexibility index (Phi) is 7.16. The van der Waals surface area contributed by atoms with Crippen molar-refractivity contribution in [2.75, 3.05) is 26.4 Å². The highest BCUT2D eigenvalue weighted by Gasteiger charge is 2.28. The molecule has 1 saturated heterocycles. The molecule has 1 aliphatic heterocycles. The standard InChI is InChI=1S/C18H29NO3/c1-2-3-4-11-22-17-7-5-16(6-8-17)14-19-15-18(20)9-12-21-13-10-18/h5-8,19-20H,2-4,9-15H2,1H3. The number of aliphatic hydroxyl groups is 1. The van der Waals surface area contributed by atoms with Gasteiger partial charge in [-0.15, -0.1) is 0 Å². The van der Waals surface area contributed by atoms with Crippen molar-refractivity contribution in [3.8, 4) is 5.75 Å². The Hall–Kier alpha value is -1.10. The van der Waals surface area contributed by atoms with E-state index in [1.165, 1.54) is 18.4 Å². The number of hydrogen-bond donors (Lipinski definition) is 2. The zero-order valence-electron chi connectivity index (χ0n) is 13.6. The quantitative estimate of drug-likeness (QED) is 0.689. The molecule has 1 heterocycles. The Bertz CT molecular complexity index is 413. The van der Waals surface area contributed by atoms with Gasteiger partial charge in [0.15, 0.2) is 0 Å². The second-order valence-corrected chi connectivity index (χ2v) is 6.14. The molecule has 1 aromatic rings. The van der Waals surface area contributed by atoms with Crippen LogP contribution in [0, 0.1) is 0 Å². The molecule has 0 bridgehead atoms. The van der Waals surface area contributed by atoms with Crippen molar-refractivity contribution in [2.45, 2.75) is 51.2 Å². The fourth-order valence-electron chi connectivity index (χ4n) is 2.61. The van der Waals surface area contributed by atoms with Gasteiger partial charge in [0, 0.05) is 39.1 Å². The summed E-state index contributed by atoms with van der Waals surface area (Å²) in [5.74, 6) is 0.933. The molecule has 0 spiro atoms. The van der Waals surface area contributed by atoms with E-state index in [1.807, 2.05) is 12.1 Å². The summed E-state index contributed by atoms with van der Waals surface area (Å²) in [6.45, 7) is 5.68. The van der Waals surface area contributed by atoms with Crippen LogP contribution < -0.4 is 10.1 Å². The lowest BCUT2D eigenvalue weighted by molar-refractivity contribution is -0.0617. The van der Waals surface area contributed by atoms with Gasteiger partial charge in [0.05, 0.1) is 12.2 Å². The van der Waals surface area contributed by atoms with Gasteiger partial charge >= 0.3 is 0 Å². The van der Waals surface area contributed by atoms with Gasteiger partial charge in [0.2, 0.25) is 0 Å². The Labute approximate surface area is 133 Å². The van der Waals surface area contributed by atoms with Crippen LogP contribution in [0.3, 0.4) is 0 Å². The number of unbranched alkanes of at least 4 members (excludes halogenated alkanes) is 2. The summed E-state index contributed by atoms with van der Waals surface area (Å²) in [6, 6.07) is 8.20. The van der Waals surface area contributed by atoms with Crippen LogP contribution >= 0.6 is 0 Å². The summed E-state index contributed by atoms with van der Waals surface area (Å²) in [5, 5.41) is 13.7. The van der Waals surface area contributed by atoms with E-state index in [0.29, 0.717) is 32.6 Å². The summed E-state index contributed by atoms with van der Waals surface area (Å²) in [4.78, 5) is 0. The number of ether oxygens (including phenoxy) is 2.